The molecule has 1 aromatic rings. The van der Waals surface area contributed by atoms with Crippen molar-refractivity contribution in [2.75, 3.05) is 5.32 Å². The van der Waals surface area contributed by atoms with Crippen molar-refractivity contribution in [2.45, 2.75) is 31.8 Å². The van der Waals surface area contributed by atoms with Gasteiger partial charge in [0.25, 0.3) is 6.43 Å². The van der Waals surface area contributed by atoms with Crippen LogP contribution in [0.5, 0.6) is 0 Å². The first-order chi connectivity index (χ1) is 8.08. The summed E-state index contributed by atoms with van der Waals surface area (Å²) in [5.41, 5.74) is 1.64. The van der Waals surface area contributed by atoms with Crippen molar-refractivity contribution in [1.82, 2.24) is 0 Å². The largest absolute Gasteiger partial charge is 0.382 e. The zero-order chi connectivity index (χ0) is 12.4. The summed E-state index contributed by atoms with van der Waals surface area (Å²) < 4.78 is 24.7. The van der Waals surface area contributed by atoms with Crippen molar-refractivity contribution in [3.63, 3.8) is 0 Å². The lowest BCUT2D eigenvalue weighted by Crippen LogP contribution is -2.11. The molecule has 2 rings (SSSR count). The second-order valence-electron chi connectivity index (χ2n) is 4.10. The number of carbonyl (C=O) groups is 1. The highest BCUT2D eigenvalue weighted by Crippen LogP contribution is 2.28. The number of anilines is 1. The van der Waals surface area contributed by atoms with Gasteiger partial charge in [-0.05, 0) is 30.0 Å². The number of hydrogen-bond donors (Lipinski definition) is 2. The van der Waals surface area contributed by atoms with Crippen LogP contribution in [0.3, 0.4) is 0 Å². The van der Waals surface area contributed by atoms with Crippen molar-refractivity contribution in [3.05, 3.63) is 29.3 Å². The minimum absolute atomic E-state index is 0.0640. The lowest BCUT2D eigenvalue weighted by molar-refractivity contribution is -0.116. The molecule has 0 aliphatic carbocycles. The number of aryl methyl sites for hydroxylation is 1. The Morgan fingerprint density at radius 1 is 1.29 bits per heavy atom. The van der Waals surface area contributed by atoms with Gasteiger partial charge < -0.3 is 10.4 Å². The number of rotatable bonds is 2. The first-order valence-corrected chi connectivity index (χ1v) is 5.47. The number of alkyl halides is 2. The molecule has 1 amide bonds. The fraction of sp³-hybridized carbons (Fsp3) is 0.417. The highest BCUT2D eigenvalue weighted by atomic mass is 19.3. The Morgan fingerprint density at radius 2 is 2.06 bits per heavy atom. The molecule has 1 aromatic carbocycles. The molecule has 1 aliphatic heterocycles. The average Bonchev–Trinajstić information content (AvgIpc) is 2.47. The summed E-state index contributed by atoms with van der Waals surface area (Å²) in [6, 6.07) is 4.53. The number of fused-ring (bicyclic) bond motifs is 1. The third-order valence-electron chi connectivity index (χ3n) is 2.83. The third kappa shape index (κ3) is 2.61. The monoisotopic (exact) mass is 241 g/mol. The number of aliphatic hydroxyl groups excluding tert-OH is 1. The highest BCUT2D eigenvalue weighted by molar-refractivity contribution is 5.92. The molecule has 3 nitrogen and oxygen atoms in total. The summed E-state index contributed by atoms with van der Waals surface area (Å²) in [5, 5.41) is 12.0. The molecule has 0 aromatic heterocycles. The van der Waals surface area contributed by atoms with E-state index >= 15 is 0 Å². The highest BCUT2D eigenvalue weighted by Gasteiger charge is 2.21. The molecule has 0 saturated carbocycles. The van der Waals surface area contributed by atoms with E-state index in [0.717, 1.165) is 5.56 Å². The lowest BCUT2D eigenvalue weighted by Gasteiger charge is -2.13. The van der Waals surface area contributed by atoms with Gasteiger partial charge in [-0.3, -0.25) is 4.79 Å². The van der Waals surface area contributed by atoms with Gasteiger partial charge >= 0.3 is 0 Å². The van der Waals surface area contributed by atoms with Gasteiger partial charge in [-0.15, -0.1) is 0 Å². The van der Waals surface area contributed by atoms with Crippen LogP contribution in [0, 0.1) is 0 Å². The lowest BCUT2D eigenvalue weighted by atomic mass is 10.0. The molecule has 1 heterocycles. The maximum absolute atomic E-state index is 12.4. The van der Waals surface area contributed by atoms with E-state index in [1.54, 1.807) is 6.07 Å². The summed E-state index contributed by atoms with van der Waals surface area (Å²) >= 11 is 0. The first-order valence-electron chi connectivity index (χ1n) is 5.47. The van der Waals surface area contributed by atoms with E-state index in [-0.39, 0.29) is 11.5 Å². The van der Waals surface area contributed by atoms with Crippen molar-refractivity contribution < 1.29 is 18.7 Å². The van der Waals surface area contributed by atoms with Crippen LogP contribution in [0.1, 0.15) is 30.1 Å². The van der Waals surface area contributed by atoms with Crippen molar-refractivity contribution >= 4 is 11.6 Å². The molecule has 0 bridgehead atoms. The van der Waals surface area contributed by atoms with Gasteiger partial charge in [-0.25, -0.2) is 8.78 Å². The van der Waals surface area contributed by atoms with Gasteiger partial charge in [-0.2, -0.15) is 0 Å². The van der Waals surface area contributed by atoms with Crippen molar-refractivity contribution in [3.8, 4) is 0 Å². The maximum Gasteiger partial charge on any atom is 0.268 e. The van der Waals surface area contributed by atoms with Gasteiger partial charge in [0.15, 0.2) is 0 Å². The Kier molecular flexibility index (Phi) is 3.38. The third-order valence-corrected chi connectivity index (χ3v) is 2.83. The molecule has 0 spiro atoms. The fourth-order valence-electron chi connectivity index (χ4n) is 1.92. The summed E-state index contributed by atoms with van der Waals surface area (Å²) in [7, 11) is 0. The normalized spacial score (nSPS) is 17.3. The minimum atomic E-state index is -2.80. The molecule has 5 heteroatoms. The molecule has 0 radical (unpaired) electrons. The number of hydrogen-bond acceptors (Lipinski definition) is 2. The fourth-order valence-corrected chi connectivity index (χ4v) is 1.92. The van der Waals surface area contributed by atoms with Crippen LogP contribution in [0.4, 0.5) is 14.5 Å². The van der Waals surface area contributed by atoms with E-state index in [1.165, 1.54) is 12.1 Å². The Balaban J connectivity index is 2.30. The second kappa shape index (κ2) is 4.79. The summed E-state index contributed by atoms with van der Waals surface area (Å²) in [6.07, 6.45) is -2.79. The number of benzene rings is 1. The van der Waals surface area contributed by atoms with Crippen molar-refractivity contribution in [2.24, 2.45) is 0 Å². The Morgan fingerprint density at radius 3 is 2.76 bits per heavy atom. The summed E-state index contributed by atoms with van der Waals surface area (Å²) in [5.74, 6) is -0.0640. The zero-order valence-corrected chi connectivity index (χ0v) is 9.12. The van der Waals surface area contributed by atoms with Crippen LogP contribution in [0.15, 0.2) is 18.2 Å². The van der Waals surface area contributed by atoms with Crippen LogP contribution in [0.2, 0.25) is 0 Å². The van der Waals surface area contributed by atoms with Crippen LogP contribution in [-0.4, -0.2) is 17.4 Å². The quantitative estimate of drug-likeness (QED) is 0.834. The molecule has 1 atom stereocenters. The van der Waals surface area contributed by atoms with E-state index < -0.39 is 12.5 Å². The summed E-state index contributed by atoms with van der Waals surface area (Å²) in [4.78, 5) is 11.3. The molecule has 0 saturated heterocycles. The first kappa shape index (κ1) is 12.0. The van der Waals surface area contributed by atoms with Gasteiger partial charge in [0.1, 0.15) is 6.10 Å². The minimum Gasteiger partial charge on any atom is -0.382 e. The molecular weight excluding hydrogens is 228 g/mol. The van der Waals surface area contributed by atoms with E-state index in [1.807, 2.05) is 0 Å². The van der Waals surface area contributed by atoms with Crippen molar-refractivity contribution in [1.29, 1.82) is 0 Å². The number of halogens is 2. The Labute approximate surface area is 97.5 Å². The molecule has 1 unspecified atom stereocenters. The van der Waals surface area contributed by atoms with Crippen LogP contribution in [-0.2, 0) is 11.2 Å². The van der Waals surface area contributed by atoms with Gasteiger partial charge in [0, 0.05) is 12.1 Å². The predicted molar refractivity (Wildman–Crippen MR) is 59.0 cm³/mol. The number of amides is 1. The van der Waals surface area contributed by atoms with Gasteiger partial charge in [0.05, 0.1) is 0 Å². The standard InChI is InChI=1S/C12H13F2NO2/c13-12(14)11(17)8-4-5-9-7(6-8)2-1-3-10(16)15-9/h4-6,11-12,17H,1-3H2,(H,15,16). The summed E-state index contributed by atoms with van der Waals surface area (Å²) in [6.45, 7) is 0. The maximum atomic E-state index is 12.4. The molecular formula is C12H13F2NO2. The number of nitrogens with one attached hydrogen (secondary N) is 1. The zero-order valence-electron chi connectivity index (χ0n) is 9.12. The SMILES string of the molecule is O=C1CCCc2cc(C(O)C(F)F)ccc2N1. The van der Waals surface area contributed by atoms with E-state index in [4.69, 9.17) is 0 Å². The second-order valence-corrected chi connectivity index (χ2v) is 4.10. The predicted octanol–water partition coefficient (Wildman–Crippen LogP) is 2.26. The van der Waals surface area contributed by atoms with E-state index in [2.05, 4.69) is 5.32 Å². The molecule has 92 valence electrons. The molecule has 2 N–H and O–H groups in total. The molecule has 17 heavy (non-hydrogen) atoms. The number of carbonyl (C=O) groups excluding carboxylic acids is 1. The van der Waals surface area contributed by atoms with Crippen LogP contribution in [0.25, 0.3) is 0 Å². The van der Waals surface area contributed by atoms with E-state index in [0.29, 0.717) is 24.9 Å². The topological polar surface area (TPSA) is 49.3 Å². The number of aliphatic hydroxyl groups is 1. The van der Waals surface area contributed by atoms with Crippen LogP contribution >= 0.6 is 0 Å². The molecule has 1 aliphatic rings. The average molecular weight is 241 g/mol. The van der Waals surface area contributed by atoms with Gasteiger partial charge in [-0.1, -0.05) is 12.1 Å². The molecule has 0 fully saturated rings. The van der Waals surface area contributed by atoms with E-state index in [9.17, 15) is 18.7 Å². The Hall–Kier alpha value is -1.49. The Bertz CT molecular complexity index is 435. The smallest absolute Gasteiger partial charge is 0.268 e. The van der Waals surface area contributed by atoms with Crippen LogP contribution < -0.4 is 5.32 Å². The van der Waals surface area contributed by atoms with Gasteiger partial charge in [0.2, 0.25) is 5.91 Å².